The van der Waals surface area contributed by atoms with E-state index in [4.69, 9.17) is 9.47 Å². The molecule has 2 nitrogen and oxygen atoms in total. The van der Waals surface area contributed by atoms with Crippen LogP contribution in [0.15, 0.2) is 6.07 Å². The highest BCUT2D eigenvalue weighted by Gasteiger charge is 2.30. The third-order valence-electron chi connectivity index (χ3n) is 4.28. The average molecular weight is 317 g/mol. The largest absolute Gasteiger partial charge is 0.493 e. The van der Waals surface area contributed by atoms with Crippen molar-refractivity contribution < 1.29 is 9.47 Å². The zero-order valence-corrected chi connectivity index (χ0v) is 16.0. The van der Waals surface area contributed by atoms with Gasteiger partial charge >= 0.3 is 0 Å². The van der Waals surface area contributed by atoms with Crippen molar-refractivity contribution in [3.05, 3.63) is 22.8 Å². The van der Waals surface area contributed by atoms with Crippen LogP contribution in [0.25, 0.3) is 0 Å². The Hall–Kier alpha value is -1.40. The molecule has 3 heteroatoms. The summed E-state index contributed by atoms with van der Waals surface area (Å²) in [6, 6.07) is 2.26. The lowest BCUT2D eigenvalue weighted by molar-refractivity contribution is 0.344. The second-order valence-electron chi connectivity index (χ2n) is 7.31. The average Bonchev–Trinajstić information content (AvgIpc) is 2.44. The van der Waals surface area contributed by atoms with E-state index in [0.717, 1.165) is 29.9 Å². The van der Waals surface area contributed by atoms with Crippen LogP contribution >= 0.6 is 0 Å². The molecule has 0 N–H and O–H groups in total. The summed E-state index contributed by atoms with van der Waals surface area (Å²) in [4.78, 5) is 0. The molecule has 1 aliphatic rings. The third kappa shape index (κ3) is 3.33. The molecule has 0 unspecified atom stereocenters. The van der Waals surface area contributed by atoms with Crippen LogP contribution < -0.4 is 9.47 Å². The maximum Gasteiger partial charge on any atom is 0.164 e. The summed E-state index contributed by atoms with van der Waals surface area (Å²) < 4.78 is 11.3. The molecule has 0 saturated heterocycles. The molecule has 22 heavy (non-hydrogen) atoms. The van der Waals surface area contributed by atoms with E-state index in [0.29, 0.717) is 11.8 Å². The second-order valence-corrected chi connectivity index (χ2v) is 12.1. The molecule has 2 rings (SSSR count). The predicted molar refractivity (Wildman–Crippen MR) is 95.8 cm³/mol. The molecule has 0 fully saturated rings. The molecule has 2 atom stereocenters. The van der Waals surface area contributed by atoms with Gasteiger partial charge in [-0.3, -0.25) is 0 Å². The topological polar surface area (TPSA) is 18.5 Å². The normalized spacial score (nSPS) is 20.7. The van der Waals surface area contributed by atoms with Crippen LogP contribution in [-0.4, -0.2) is 22.3 Å². The number of aryl methyl sites for hydroxylation is 1. The van der Waals surface area contributed by atoms with E-state index in [1.54, 1.807) is 14.2 Å². The molecule has 0 bridgehead atoms. The summed E-state index contributed by atoms with van der Waals surface area (Å²) in [5, 5.41) is 0. The Morgan fingerprint density at radius 2 is 1.73 bits per heavy atom. The number of rotatable bonds is 2. The van der Waals surface area contributed by atoms with E-state index >= 15 is 0 Å². The van der Waals surface area contributed by atoms with Crippen molar-refractivity contribution >= 4 is 8.07 Å². The number of ether oxygens (including phenoxy) is 2. The maximum atomic E-state index is 5.72. The molecule has 0 amide bonds. The lowest BCUT2D eigenvalue weighted by Crippen LogP contribution is -2.18. The summed E-state index contributed by atoms with van der Waals surface area (Å²) >= 11 is 0. The Labute approximate surface area is 136 Å². The van der Waals surface area contributed by atoms with E-state index in [-0.39, 0.29) is 0 Å². The zero-order chi connectivity index (χ0) is 16.5. The van der Waals surface area contributed by atoms with Gasteiger partial charge < -0.3 is 9.47 Å². The molecular formula is C19H28O2Si. The summed E-state index contributed by atoms with van der Waals surface area (Å²) in [5.41, 5.74) is 7.33. The smallest absolute Gasteiger partial charge is 0.164 e. The van der Waals surface area contributed by atoms with E-state index in [9.17, 15) is 0 Å². The Balaban J connectivity index is 2.60. The van der Waals surface area contributed by atoms with Gasteiger partial charge in [-0.15, -0.1) is 11.5 Å². The minimum Gasteiger partial charge on any atom is -0.493 e. The standard InChI is InChI=1S/C19H28O2Si/c1-13-8-9-15(10-11-22(5,6)7)16-12-14(2)18(20-3)19(21-4)17(13)16/h12-13,15H,8-9H2,1-7H3/t13-,15-/m0/s1. The highest BCUT2D eigenvalue weighted by atomic mass is 28.3. The lowest BCUT2D eigenvalue weighted by Gasteiger charge is -2.30. The van der Waals surface area contributed by atoms with Gasteiger partial charge in [-0.1, -0.05) is 32.6 Å². The van der Waals surface area contributed by atoms with Crippen molar-refractivity contribution in [1.82, 2.24) is 0 Å². The van der Waals surface area contributed by atoms with Crippen LogP contribution in [0.1, 0.15) is 48.3 Å². The SMILES string of the molecule is COc1c(C)cc2c(c1OC)[C@@H](C)CC[C@H]2C#C[Si](C)(C)C. The fraction of sp³-hybridized carbons (Fsp3) is 0.579. The molecular weight excluding hydrogens is 288 g/mol. The fourth-order valence-corrected chi connectivity index (χ4v) is 3.84. The molecule has 0 saturated carbocycles. The Morgan fingerprint density at radius 1 is 1.09 bits per heavy atom. The maximum absolute atomic E-state index is 5.72. The van der Waals surface area contributed by atoms with Crippen molar-refractivity contribution in [3.8, 4) is 23.0 Å². The van der Waals surface area contributed by atoms with Crippen LogP contribution in [0.2, 0.25) is 19.6 Å². The van der Waals surface area contributed by atoms with E-state index in [2.05, 4.69) is 51.0 Å². The van der Waals surface area contributed by atoms with Gasteiger partial charge in [0, 0.05) is 11.5 Å². The van der Waals surface area contributed by atoms with E-state index in [1.165, 1.54) is 11.1 Å². The molecule has 0 spiro atoms. The predicted octanol–water partition coefficient (Wildman–Crippen LogP) is 4.87. The zero-order valence-electron chi connectivity index (χ0n) is 15.0. The van der Waals surface area contributed by atoms with Gasteiger partial charge in [-0.05, 0) is 36.8 Å². The van der Waals surface area contributed by atoms with Gasteiger partial charge in [0.25, 0.3) is 0 Å². The van der Waals surface area contributed by atoms with Crippen molar-refractivity contribution in [2.75, 3.05) is 14.2 Å². The second kappa shape index (κ2) is 6.38. The third-order valence-corrected chi connectivity index (χ3v) is 5.17. The Kier molecular flexibility index (Phi) is 4.92. The fourth-order valence-electron chi connectivity index (χ4n) is 3.23. The molecule has 1 aromatic rings. The van der Waals surface area contributed by atoms with Gasteiger partial charge in [0.1, 0.15) is 8.07 Å². The van der Waals surface area contributed by atoms with Crippen LogP contribution in [0.3, 0.4) is 0 Å². The van der Waals surface area contributed by atoms with Crippen molar-refractivity contribution in [2.24, 2.45) is 0 Å². The lowest BCUT2D eigenvalue weighted by atomic mass is 9.76. The Bertz CT molecular complexity index is 617. The van der Waals surface area contributed by atoms with Gasteiger partial charge in [-0.2, -0.15) is 0 Å². The van der Waals surface area contributed by atoms with E-state index in [1.807, 2.05) is 0 Å². The first-order valence-electron chi connectivity index (χ1n) is 8.06. The highest BCUT2D eigenvalue weighted by molar-refractivity contribution is 6.83. The summed E-state index contributed by atoms with van der Waals surface area (Å²) in [7, 11) is 2.10. The van der Waals surface area contributed by atoms with Crippen LogP contribution in [0.5, 0.6) is 11.5 Å². The monoisotopic (exact) mass is 316 g/mol. The molecule has 0 aromatic heterocycles. The summed E-state index contributed by atoms with van der Waals surface area (Å²) in [5.74, 6) is 6.16. The van der Waals surface area contributed by atoms with Gasteiger partial charge in [0.2, 0.25) is 0 Å². The first-order chi connectivity index (χ1) is 10.3. The number of hydrogen-bond acceptors (Lipinski definition) is 2. The molecule has 1 aliphatic carbocycles. The molecule has 0 radical (unpaired) electrons. The van der Waals surface area contributed by atoms with Crippen LogP contribution in [0, 0.1) is 18.4 Å². The minimum absolute atomic E-state index is 0.330. The molecule has 1 aromatic carbocycles. The van der Waals surface area contributed by atoms with Crippen LogP contribution in [0.4, 0.5) is 0 Å². The Morgan fingerprint density at radius 3 is 2.27 bits per heavy atom. The minimum atomic E-state index is -1.35. The molecule has 0 heterocycles. The highest BCUT2D eigenvalue weighted by Crippen LogP contribution is 2.48. The number of fused-ring (bicyclic) bond motifs is 1. The van der Waals surface area contributed by atoms with Crippen molar-refractivity contribution in [2.45, 2.75) is 58.2 Å². The van der Waals surface area contributed by atoms with Gasteiger partial charge in [0.15, 0.2) is 11.5 Å². The number of benzene rings is 1. The van der Waals surface area contributed by atoms with Gasteiger partial charge in [0.05, 0.1) is 14.2 Å². The quantitative estimate of drug-likeness (QED) is 0.572. The summed E-state index contributed by atoms with van der Waals surface area (Å²) in [6.07, 6.45) is 2.29. The van der Waals surface area contributed by atoms with E-state index < -0.39 is 8.07 Å². The van der Waals surface area contributed by atoms with Crippen molar-refractivity contribution in [3.63, 3.8) is 0 Å². The number of methoxy groups -OCH3 is 2. The number of hydrogen-bond donors (Lipinski definition) is 0. The first-order valence-corrected chi connectivity index (χ1v) is 11.6. The first kappa shape index (κ1) is 17.0. The van der Waals surface area contributed by atoms with Crippen molar-refractivity contribution in [1.29, 1.82) is 0 Å². The summed E-state index contributed by atoms with van der Waals surface area (Å²) in [6.45, 7) is 11.3. The van der Waals surface area contributed by atoms with Crippen LogP contribution in [-0.2, 0) is 0 Å². The molecule has 120 valence electrons. The van der Waals surface area contributed by atoms with Gasteiger partial charge in [-0.25, -0.2) is 0 Å². The molecule has 0 aliphatic heterocycles.